The van der Waals surface area contributed by atoms with Crippen LogP contribution in [0.2, 0.25) is 0 Å². The van der Waals surface area contributed by atoms with Crippen LogP contribution in [0.5, 0.6) is 0 Å². The molecule has 0 aliphatic heterocycles. The number of benzene rings is 3. The maximum absolute atomic E-state index is 10.8. The Kier molecular flexibility index (Phi) is 7.26. The molecule has 4 aromatic rings. The maximum Gasteiger partial charge on any atom is 0.361 e. The molecule has 0 amide bonds. The average molecular weight is 454 g/mol. The molecular weight excluding hydrogens is 438 g/mol. The molecule has 1 aromatic heterocycles. The number of hydrogen-bond donors (Lipinski definition) is 0. The van der Waals surface area contributed by atoms with Gasteiger partial charge in [-0.3, -0.25) is 10.1 Å². The van der Waals surface area contributed by atoms with Crippen LogP contribution in [0.1, 0.15) is 11.3 Å². The molecule has 0 bridgehead atoms. The molecule has 9 heteroatoms. The normalized spacial score (nSPS) is 11.2. The summed E-state index contributed by atoms with van der Waals surface area (Å²) in [5.41, 5.74) is 3.80. The van der Waals surface area contributed by atoms with Crippen LogP contribution in [0, 0.1) is 20.4 Å². The Hall–Kier alpha value is -3.66. The van der Waals surface area contributed by atoms with Crippen molar-refractivity contribution in [2.24, 2.45) is 0 Å². The topological polar surface area (TPSA) is 147 Å². The van der Waals surface area contributed by atoms with Crippen molar-refractivity contribution < 1.29 is 38.2 Å². The quantitative estimate of drug-likeness (QED) is 0.259. The van der Waals surface area contributed by atoms with Gasteiger partial charge in [-0.15, -0.1) is 10.2 Å². The van der Waals surface area contributed by atoms with E-state index in [4.69, 9.17) is 23.1 Å². The maximum atomic E-state index is 10.8. The lowest BCUT2D eigenvalue weighted by molar-refractivity contribution is -2.00. The second-order valence-corrected chi connectivity index (χ2v) is 7.24. The fraction of sp³-hybridized carbons (Fsp3) is 0. The third kappa shape index (κ3) is 6.67. The number of hydrogen-bond acceptors (Lipinski definition) is 6. The van der Waals surface area contributed by atoms with Crippen molar-refractivity contribution in [2.45, 2.75) is 0 Å². The standard InChI is InChI=1S/C23H16NO3.ClHO4/c25-24(26)20-13-10-17(11-14-20)12-15-23-21(18-6-2-1-3-7-18)16-19-8-4-5-9-22(19)27-23;2-1(3,4)5/h1-16H;(H,2,3,4,5)/q+1;/p-1. The summed E-state index contributed by atoms with van der Waals surface area (Å²) in [6, 6.07) is 26.5. The van der Waals surface area contributed by atoms with Gasteiger partial charge in [-0.1, -0.05) is 42.5 Å². The molecule has 0 radical (unpaired) electrons. The molecule has 0 saturated carbocycles. The Balaban J connectivity index is 0.000000523. The second-order valence-electron chi connectivity index (χ2n) is 6.49. The van der Waals surface area contributed by atoms with Gasteiger partial charge in [0.05, 0.1) is 15.9 Å². The van der Waals surface area contributed by atoms with E-state index in [9.17, 15) is 10.1 Å². The number of rotatable bonds is 4. The molecule has 32 heavy (non-hydrogen) atoms. The van der Waals surface area contributed by atoms with Gasteiger partial charge >= 0.3 is 11.3 Å². The first-order valence-electron chi connectivity index (χ1n) is 9.16. The predicted octanol–water partition coefficient (Wildman–Crippen LogP) is 1.70. The lowest BCUT2D eigenvalue weighted by Gasteiger charge is -2.17. The van der Waals surface area contributed by atoms with E-state index >= 15 is 0 Å². The highest BCUT2D eigenvalue weighted by Crippen LogP contribution is 2.30. The van der Waals surface area contributed by atoms with E-state index in [0.29, 0.717) is 0 Å². The highest BCUT2D eigenvalue weighted by molar-refractivity contribution is 5.87. The number of fused-ring (bicyclic) bond motifs is 1. The third-order valence-corrected chi connectivity index (χ3v) is 4.32. The van der Waals surface area contributed by atoms with E-state index in [-0.39, 0.29) is 5.69 Å². The van der Waals surface area contributed by atoms with Crippen LogP contribution in [0.3, 0.4) is 0 Å². The molecule has 4 rings (SSSR count). The molecule has 8 nitrogen and oxygen atoms in total. The molecular formula is C23H16ClNO7. The van der Waals surface area contributed by atoms with Crippen molar-refractivity contribution in [2.75, 3.05) is 0 Å². The van der Waals surface area contributed by atoms with Crippen molar-refractivity contribution >= 4 is 28.8 Å². The van der Waals surface area contributed by atoms with E-state index < -0.39 is 15.2 Å². The van der Waals surface area contributed by atoms with Crippen molar-refractivity contribution in [3.05, 3.63) is 106 Å². The predicted molar refractivity (Wildman–Crippen MR) is 108 cm³/mol. The first-order valence-corrected chi connectivity index (χ1v) is 10.4. The molecule has 0 N–H and O–H groups in total. The minimum absolute atomic E-state index is 0.0764. The number of para-hydroxylation sites is 1. The summed E-state index contributed by atoms with van der Waals surface area (Å²) in [6.45, 7) is 0. The molecule has 1 heterocycles. The van der Waals surface area contributed by atoms with Gasteiger partial charge in [0, 0.05) is 24.3 Å². The summed E-state index contributed by atoms with van der Waals surface area (Å²) >= 11 is 0. The Morgan fingerprint density at radius 1 is 0.781 bits per heavy atom. The van der Waals surface area contributed by atoms with E-state index in [1.54, 1.807) is 12.1 Å². The Labute approximate surface area is 184 Å². The SMILES string of the molecule is O=[N+]([O-])c1ccc(C=Cc2[o+]c3ccccc3cc2-c2ccccc2)cc1.[O-][Cl+3]([O-])([O-])[O-]. The summed E-state index contributed by atoms with van der Waals surface area (Å²) in [4.78, 5) is 10.4. The summed E-state index contributed by atoms with van der Waals surface area (Å²) < 4.78 is 40.1. The highest BCUT2D eigenvalue weighted by atomic mass is 35.7. The van der Waals surface area contributed by atoms with Gasteiger partial charge in [-0.05, 0) is 41.5 Å². The molecule has 0 fully saturated rings. The van der Waals surface area contributed by atoms with Gasteiger partial charge in [0.15, 0.2) is 0 Å². The minimum Gasteiger partial charge on any atom is -0.258 e. The van der Waals surface area contributed by atoms with E-state index in [1.165, 1.54) is 12.1 Å². The number of nitro groups is 1. The molecule has 0 saturated heterocycles. The molecule has 3 aromatic carbocycles. The van der Waals surface area contributed by atoms with E-state index in [2.05, 4.69) is 6.07 Å². The monoisotopic (exact) mass is 453 g/mol. The summed E-state index contributed by atoms with van der Waals surface area (Å²) in [5.74, 6) is 0.734. The van der Waals surface area contributed by atoms with E-state index in [0.717, 1.165) is 33.4 Å². The molecule has 0 atom stereocenters. The smallest absolute Gasteiger partial charge is 0.258 e. The van der Waals surface area contributed by atoms with Crippen LogP contribution in [-0.4, -0.2) is 4.92 Å². The van der Waals surface area contributed by atoms with E-state index in [1.807, 2.05) is 66.7 Å². The zero-order valence-corrected chi connectivity index (χ0v) is 17.2. The summed E-state index contributed by atoms with van der Waals surface area (Å²) in [6.07, 6.45) is 3.79. The van der Waals surface area contributed by atoms with Crippen LogP contribution < -0.4 is 18.6 Å². The van der Waals surface area contributed by atoms with Crippen molar-refractivity contribution in [3.63, 3.8) is 0 Å². The first-order chi connectivity index (χ1) is 15.2. The van der Waals surface area contributed by atoms with Crippen molar-refractivity contribution in [3.8, 4) is 11.1 Å². The van der Waals surface area contributed by atoms with Crippen molar-refractivity contribution in [1.82, 2.24) is 0 Å². The minimum atomic E-state index is -4.94. The zero-order valence-electron chi connectivity index (χ0n) is 16.4. The van der Waals surface area contributed by atoms with Crippen LogP contribution in [0.4, 0.5) is 5.69 Å². The van der Waals surface area contributed by atoms with Gasteiger partial charge in [0.25, 0.3) is 5.69 Å². The van der Waals surface area contributed by atoms with Gasteiger partial charge in [-0.2, -0.15) is 0 Å². The molecule has 0 aliphatic carbocycles. The number of halogens is 1. The molecule has 0 unspecified atom stereocenters. The van der Waals surface area contributed by atoms with Crippen LogP contribution in [0.15, 0.2) is 89.3 Å². The van der Waals surface area contributed by atoms with Crippen LogP contribution in [-0.2, 0) is 0 Å². The number of non-ortho nitro benzene ring substituents is 1. The average Bonchev–Trinajstić information content (AvgIpc) is 2.77. The molecule has 0 spiro atoms. The van der Waals surface area contributed by atoms with Crippen molar-refractivity contribution in [1.29, 1.82) is 0 Å². The molecule has 162 valence electrons. The molecule has 0 aliphatic rings. The third-order valence-electron chi connectivity index (χ3n) is 4.32. The fourth-order valence-corrected chi connectivity index (χ4v) is 2.94. The van der Waals surface area contributed by atoms with Crippen LogP contribution in [0.25, 0.3) is 34.2 Å². The zero-order chi connectivity index (χ0) is 23.1. The summed E-state index contributed by atoms with van der Waals surface area (Å²) in [7, 11) is -4.94. The number of nitro benzene ring substituents is 1. The fourth-order valence-electron chi connectivity index (χ4n) is 2.94. The highest BCUT2D eigenvalue weighted by Gasteiger charge is 2.18. The van der Waals surface area contributed by atoms with Gasteiger partial charge in [0.2, 0.25) is 0 Å². The van der Waals surface area contributed by atoms with Crippen LogP contribution >= 0.6 is 0 Å². The van der Waals surface area contributed by atoms with Gasteiger partial charge in [-0.25, -0.2) is 23.1 Å². The van der Waals surface area contributed by atoms with Gasteiger partial charge < -0.3 is 0 Å². The second kappa shape index (κ2) is 10.1. The largest absolute Gasteiger partial charge is 0.361 e. The first kappa shape index (κ1) is 23.0. The van der Waals surface area contributed by atoms with Gasteiger partial charge in [0.1, 0.15) is 0 Å². The Morgan fingerprint density at radius 2 is 1.38 bits per heavy atom. The summed E-state index contributed by atoms with van der Waals surface area (Å²) in [5, 5.41) is 11.8. The lowest BCUT2D eigenvalue weighted by atomic mass is 10.0. The Bertz CT molecular complexity index is 1230. The number of nitrogens with zero attached hydrogens (tertiary/aromatic N) is 1. The Morgan fingerprint density at radius 3 is 2.00 bits per heavy atom. The lowest BCUT2D eigenvalue weighted by Crippen LogP contribution is -2.68.